The molecule has 0 saturated heterocycles. The van der Waals surface area contributed by atoms with Crippen LogP contribution in [-0.4, -0.2) is 25.4 Å². The van der Waals surface area contributed by atoms with E-state index in [0.29, 0.717) is 17.1 Å². The second kappa shape index (κ2) is 9.39. The Morgan fingerprint density at radius 2 is 1.82 bits per heavy atom. The predicted molar refractivity (Wildman–Crippen MR) is 130 cm³/mol. The summed E-state index contributed by atoms with van der Waals surface area (Å²) in [4.78, 5) is 28.9. The normalized spacial score (nSPS) is 18.7. The molecule has 33 heavy (non-hydrogen) atoms. The molecule has 174 valence electrons. The number of hydrogen-bond donors (Lipinski definition) is 3. The highest BCUT2D eigenvalue weighted by Crippen LogP contribution is 2.24. The van der Waals surface area contributed by atoms with Gasteiger partial charge < -0.3 is 10.3 Å². The monoisotopic (exact) mass is 467 g/mol. The van der Waals surface area contributed by atoms with E-state index in [2.05, 4.69) is 21.9 Å². The van der Waals surface area contributed by atoms with Crippen molar-refractivity contribution in [3.05, 3.63) is 70.0 Å². The lowest BCUT2D eigenvalue weighted by molar-refractivity contribution is 0.0909. The van der Waals surface area contributed by atoms with Crippen LogP contribution >= 0.6 is 0 Å². The topological polar surface area (TPSA) is 108 Å². The van der Waals surface area contributed by atoms with Gasteiger partial charge in [0, 0.05) is 28.8 Å². The van der Waals surface area contributed by atoms with Crippen molar-refractivity contribution in [1.82, 2.24) is 10.3 Å². The summed E-state index contributed by atoms with van der Waals surface area (Å²) >= 11 is 0. The number of aromatic nitrogens is 1. The maximum absolute atomic E-state index is 13.1. The van der Waals surface area contributed by atoms with Crippen LogP contribution in [0.25, 0.3) is 10.9 Å². The molecule has 4 rings (SSSR count). The van der Waals surface area contributed by atoms with Crippen LogP contribution in [-0.2, 0) is 16.4 Å². The van der Waals surface area contributed by atoms with Gasteiger partial charge in [0.1, 0.15) is 5.56 Å². The van der Waals surface area contributed by atoms with Crippen LogP contribution in [0.1, 0.15) is 55.5 Å². The quantitative estimate of drug-likeness (QED) is 0.505. The van der Waals surface area contributed by atoms with Crippen LogP contribution in [0.2, 0.25) is 0 Å². The molecule has 8 heteroatoms. The number of anilines is 1. The number of aromatic amines is 1. The lowest BCUT2D eigenvalue weighted by Crippen LogP contribution is -2.42. The SMILES string of the molecule is CCc1ccc(NS(=O)(=O)c2ccc3[nH]cc(C(=O)N[C@H]4CCCC[C@H]4C)c(=O)c3c2)cc1. The Kier molecular flexibility index (Phi) is 6.56. The van der Waals surface area contributed by atoms with Crippen molar-refractivity contribution in [2.45, 2.75) is 56.9 Å². The molecular weight excluding hydrogens is 438 g/mol. The van der Waals surface area contributed by atoms with Crippen LogP contribution in [0.5, 0.6) is 0 Å². The van der Waals surface area contributed by atoms with Crippen molar-refractivity contribution in [2.24, 2.45) is 5.92 Å². The lowest BCUT2D eigenvalue weighted by Gasteiger charge is -2.29. The zero-order valence-corrected chi connectivity index (χ0v) is 19.7. The van der Waals surface area contributed by atoms with Crippen LogP contribution in [0.15, 0.2) is 58.4 Å². The first-order valence-electron chi connectivity index (χ1n) is 11.4. The van der Waals surface area contributed by atoms with E-state index in [0.717, 1.165) is 37.7 Å². The third-order valence-electron chi connectivity index (χ3n) is 6.45. The number of hydrogen-bond acceptors (Lipinski definition) is 4. The molecule has 0 bridgehead atoms. The summed E-state index contributed by atoms with van der Waals surface area (Å²) in [5.74, 6) is -0.0734. The third kappa shape index (κ3) is 4.95. The van der Waals surface area contributed by atoms with E-state index in [4.69, 9.17) is 0 Å². The molecule has 1 heterocycles. The van der Waals surface area contributed by atoms with E-state index in [1.54, 1.807) is 12.1 Å². The summed E-state index contributed by atoms with van der Waals surface area (Å²) in [6.45, 7) is 4.13. The van der Waals surface area contributed by atoms with Crippen molar-refractivity contribution in [1.29, 1.82) is 0 Å². The number of benzene rings is 2. The molecular formula is C25H29N3O4S. The van der Waals surface area contributed by atoms with E-state index in [9.17, 15) is 18.0 Å². The van der Waals surface area contributed by atoms with Crippen molar-refractivity contribution in [3.63, 3.8) is 0 Å². The smallest absolute Gasteiger partial charge is 0.261 e. The van der Waals surface area contributed by atoms with Gasteiger partial charge in [0.2, 0.25) is 5.43 Å². The molecule has 7 nitrogen and oxygen atoms in total. The van der Waals surface area contributed by atoms with Gasteiger partial charge in [-0.15, -0.1) is 0 Å². The summed E-state index contributed by atoms with van der Waals surface area (Å²) < 4.78 is 28.4. The highest BCUT2D eigenvalue weighted by Gasteiger charge is 2.25. The van der Waals surface area contributed by atoms with Gasteiger partial charge in [0.25, 0.3) is 15.9 Å². The minimum Gasteiger partial charge on any atom is -0.360 e. The Labute approximate surface area is 193 Å². The molecule has 2 aromatic carbocycles. The lowest BCUT2D eigenvalue weighted by atomic mass is 9.86. The average molecular weight is 468 g/mol. The van der Waals surface area contributed by atoms with Gasteiger partial charge in [-0.3, -0.25) is 14.3 Å². The summed E-state index contributed by atoms with van der Waals surface area (Å²) in [6.07, 6.45) is 6.41. The molecule has 1 amide bonds. The maximum atomic E-state index is 13.1. The molecule has 0 unspecified atom stereocenters. The second-order valence-electron chi connectivity index (χ2n) is 8.74. The Hall–Kier alpha value is -3.13. The minimum atomic E-state index is -3.91. The summed E-state index contributed by atoms with van der Waals surface area (Å²) in [5, 5.41) is 3.14. The van der Waals surface area contributed by atoms with Crippen LogP contribution in [0.3, 0.4) is 0 Å². The second-order valence-corrected chi connectivity index (χ2v) is 10.4. The van der Waals surface area contributed by atoms with E-state index in [1.807, 2.05) is 19.1 Å². The number of fused-ring (bicyclic) bond motifs is 1. The Balaban J connectivity index is 1.62. The summed E-state index contributed by atoms with van der Waals surface area (Å²) in [7, 11) is -3.91. The molecule has 2 atom stereocenters. The van der Waals surface area contributed by atoms with Crippen LogP contribution < -0.4 is 15.5 Å². The van der Waals surface area contributed by atoms with E-state index >= 15 is 0 Å². The molecule has 1 aliphatic carbocycles. The minimum absolute atomic E-state index is 0.0158. The average Bonchev–Trinajstić information content (AvgIpc) is 2.81. The number of nitrogens with one attached hydrogen (secondary N) is 3. The van der Waals surface area contributed by atoms with Crippen LogP contribution in [0.4, 0.5) is 5.69 Å². The van der Waals surface area contributed by atoms with Gasteiger partial charge in [-0.1, -0.05) is 38.8 Å². The fourth-order valence-corrected chi connectivity index (χ4v) is 5.42. The molecule has 1 aromatic heterocycles. The van der Waals surface area contributed by atoms with Gasteiger partial charge >= 0.3 is 0 Å². The zero-order valence-electron chi connectivity index (χ0n) is 18.9. The number of pyridine rings is 1. The molecule has 0 radical (unpaired) electrons. The number of aryl methyl sites for hydroxylation is 1. The molecule has 3 N–H and O–H groups in total. The molecule has 0 aliphatic heterocycles. The first-order valence-corrected chi connectivity index (χ1v) is 12.8. The highest BCUT2D eigenvalue weighted by molar-refractivity contribution is 7.92. The van der Waals surface area contributed by atoms with Crippen molar-refractivity contribution >= 4 is 32.5 Å². The molecule has 0 spiro atoms. The number of rotatable bonds is 6. The number of H-pyrrole nitrogens is 1. The standard InChI is InChI=1S/C25H29N3O4S/c1-3-17-8-10-18(11-9-17)28-33(31,32)19-12-13-23-20(14-19)24(29)21(15-26-23)25(30)27-22-7-5-4-6-16(22)2/h8-16,22,28H,3-7H2,1-2H3,(H,26,29)(H,27,30)/t16-,22+/m1/s1. The molecule has 1 saturated carbocycles. The molecule has 3 aromatic rings. The Morgan fingerprint density at radius 3 is 2.52 bits per heavy atom. The first kappa shape index (κ1) is 23.0. The van der Waals surface area contributed by atoms with Crippen molar-refractivity contribution < 1.29 is 13.2 Å². The van der Waals surface area contributed by atoms with Gasteiger partial charge in [-0.05, 0) is 61.1 Å². The predicted octanol–water partition coefficient (Wildman–Crippen LogP) is 4.20. The fourth-order valence-electron chi connectivity index (χ4n) is 4.33. The van der Waals surface area contributed by atoms with E-state index < -0.39 is 21.4 Å². The van der Waals surface area contributed by atoms with Crippen molar-refractivity contribution in [3.8, 4) is 0 Å². The summed E-state index contributed by atoms with van der Waals surface area (Å²) in [6, 6.07) is 11.5. The van der Waals surface area contributed by atoms with Gasteiger partial charge in [-0.2, -0.15) is 0 Å². The zero-order chi connectivity index (χ0) is 23.6. The molecule has 1 fully saturated rings. The van der Waals surface area contributed by atoms with Crippen LogP contribution in [0, 0.1) is 5.92 Å². The van der Waals surface area contributed by atoms with Crippen molar-refractivity contribution in [2.75, 3.05) is 4.72 Å². The maximum Gasteiger partial charge on any atom is 0.261 e. The molecule has 1 aliphatic rings. The number of sulfonamides is 1. The number of amides is 1. The summed E-state index contributed by atoms with van der Waals surface area (Å²) in [5.41, 5.74) is 1.50. The fraction of sp³-hybridized carbons (Fsp3) is 0.360. The first-order chi connectivity index (χ1) is 15.8. The van der Waals surface area contributed by atoms with E-state index in [1.165, 1.54) is 24.4 Å². The number of carbonyl (C=O) groups is 1. The highest BCUT2D eigenvalue weighted by atomic mass is 32.2. The Morgan fingerprint density at radius 1 is 1.09 bits per heavy atom. The third-order valence-corrected chi connectivity index (χ3v) is 7.83. The largest absolute Gasteiger partial charge is 0.360 e. The number of carbonyl (C=O) groups excluding carboxylic acids is 1. The Bertz CT molecular complexity index is 1330. The van der Waals surface area contributed by atoms with Gasteiger partial charge in [0.15, 0.2) is 0 Å². The van der Waals surface area contributed by atoms with Gasteiger partial charge in [-0.25, -0.2) is 8.42 Å². The van der Waals surface area contributed by atoms with E-state index in [-0.39, 0.29) is 21.9 Å². The van der Waals surface area contributed by atoms with Gasteiger partial charge in [0.05, 0.1) is 4.90 Å².